The molecule has 1 saturated heterocycles. The van der Waals surface area contributed by atoms with Gasteiger partial charge >= 0.3 is 0 Å². The first-order valence-electron chi connectivity index (χ1n) is 9.02. The van der Waals surface area contributed by atoms with Crippen molar-refractivity contribution >= 4 is 17.5 Å². The van der Waals surface area contributed by atoms with Crippen molar-refractivity contribution in [1.29, 1.82) is 0 Å². The van der Waals surface area contributed by atoms with Gasteiger partial charge in [-0.25, -0.2) is 0 Å². The Morgan fingerprint density at radius 3 is 2.50 bits per heavy atom. The molecule has 136 valence electrons. The first-order valence-corrected chi connectivity index (χ1v) is 9.02. The third-order valence-corrected chi connectivity index (χ3v) is 4.60. The summed E-state index contributed by atoms with van der Waals surface area (Å²) in [6.45, 7) is 4.33. The minimum absolute atomic E-state index is 0.0282. The molecule has 1 aliphatic rings. The summed E-state index contributed by atoms with van der Waals surface area (Å²) in [5.41, 5.74) is 2.22. The number of benzene rings is 2. The van der Waals surface area contributed by atoms with Crippen LogP contribution in [0.4, 0.5) is 5.69 Å². The number of rotatable bonds is 5. The predicted octanol–water partition coefficient (Wildman–Crippen LogP) is 3.29. The molecule has 1 fully saturated rings. The van der Waals surface area contributed by atoms with Crippen LogP contribution in [0, 0.1) is 0 Å². The second kappa shape index (κ2) is 8.63. The molecule has 0 radical (unpaired) electrons. The van der Waals surface area contributed by atoms with Gasteiger partial charge in [-0.3, -0.25) is 9.59 Å². The zero-order valence-corrected chi connectivity index (χ0v) is 15.0. The first-order chi connectivity index (χ1) is 12.7. The maximum atomic E-state index is 12.7. The number of carbonyl (C=O) groups excluding carboxylic acids is 2. The smallest absolute Gasteiger partial charge is 0.254 e. The van der Waals surface area contributed by atoms with E-state index in [1.165, 1.54) is 0 Å². The molecule has 0 unspecified atom stereocenters. The largest absolute Gasteiger partial charge is 0.378 e. The summed E-state index contributed by atoms with van der Waals surface area (Å²) in [5, 5.41) is 2.96. The normalized spacial score (nSPS) is 15.3. The summed E-state index contributed by atoms with van der Waals surface area (Å²) < 4.78 is 5.29. The highest BCUT2D eigenvalue weighted by atomic mass is 16.5. The fourth-order valence-electron chi connectivity index (χ4n) is 3.17. The van der Waals surface area contributed by atoms with Crippen molar-refractivity contribution in [3.05, 3.63) is 65.7 Å². The van der Waals surface area contributed by atoms with Gasteiger partial charge in [-0.2, -0.15) is 0 Å². The van der Waals surface area contributed by atoms with Crippen LogP contribution in [-0.4, -0.2) is 43.0 Å². The van der Waals surface area contributed by atoms with Gasteiger partial charge < -0.3 is 15.0 Å². The van der Waals surface area contributed by atoms with Crippen LogP contribution >= 0.6 is 0 Å². The van der Waals surface area contributed by atoms with Crippen LogP contribution < -0.4 is 5.32 Å². The van der Waals surface area contributed by atoms with E-state index in [4.69, 9.17) is 4.74 Å². The Morgan fingerprint density at radius 1 is 1.08 bits per heavy atom. The summed E-state index contributed by atoms with van der Waals surface area (Å²) >= 11 is 0. The van der Waals surface area contributed by atoms with Crippen molar-refractivity contribution < 1.29 is 14.3 Å². The van der Waals surface area contributed by atoms with Crippen molar-refractivity contribution in [3.63, 3.8) is 0 Å². The summed E-state index contributed by atoms with van der Waals surface area (Å²) in [6, 6.07) is 16.9. The molecule has 2 amide bonds. The average Bonchev–Trinajstić information content (AvgIpc) is 2.69. The number of nitrogens with zero attached hydrogens (tertiary/aromatic N) is 1. The van der Waals surface area contributed by atoms with Gasteiger partial charge in [0.25, 0.3) is 5.91 Å². The van der Waals surface area contributed by atoms with Crippen molar-refractivity contribution in [2.75, 3.05) is 31.6 Å². The van der Waals surface area contributed by atoms with Gasteiger partial charge in [-0.1, -0.05) is 43.3 Å². The Labute approximate surface area is 154 Å². The lowest BCUT2D eigenvalue weighted by molar-refractivity contribution is -0.117. The third kappa shape index (κ3) is 4.29. The fraction of sp³-hybridized carbons (Fsp3) is 0.333. The SMILES string of the molecule is CC[C@@H](C(=O)Nc1cccc(C(=O)N2CCOCC2)c1)c1ccccc1. The van der Waals surface area contributed by atoms with Crippen LogP contribution in [0.25, 0.3) is 0 Å². The van der Waals surface area contributed by atoms with E-state index in [2.05, 4.69) is 5.32 Å². The number of hydrogen-bond acceptors (Lipinski definition) is 3. The lowest BCUT2D eigenvalue weighted by Gasteiger charge is -2.27. The van der Waals surface area contributed by atoms with Crippen molar-refractivity contribution in [2.45, 2.75) is 19.3 Å². The maximum absolute atomic E-state index is 12.7. The van der Waals surface area contributed by atoms with E-state index in [-0.39, 0.29) is 17.7 Å². The molecule has 0 bridgehead atoms. The Balaban J connectivity index is 1.71. The molecule has 1 aliphatic heterocycles. The highest BCUT2D eigenvalue weighted by Gasteiger charge is 2.21. The first kappa shape index (κ1) is 18.1. The molecule has 1 atom stereocenters. The van der Waals surface area contributed by atoms with Gasteiger partial charge in [0.05, 0.1) is 19.1 Å². The third-order valence-electron chi connectivity index (χ3n) is 4.60. The summed E-state index contributed by atoms with van der Waals surface area (Å²) in [7, 11) is 0. The van der Waals surface area contributed by atoms with Crippen molar-refractivity contribution in [2.24, 2.45) is 0 Å². The minimum atomic E-state index is -0.213. The molecule has 26 heavy (non-hydrogen) atoms. The minimum Gasteiger partial charge on any atom is -0.378 e. The Hall–Kier alpha value is -2.66. The monoisotopic (exact) mass is 352 g/mol. The zero-order valence-electron chi connectivity index (χ0n) is 15.0. The molecule has 0 aliphatic carbocycles. The number of anilines is 1. The number of ether oxygens (including phenoxy) is 1. The summed E-state index contributed by atoms with van der Waals surface area (Å²) in [5.74, 6) is -0.302. The Kier molecular flexibility index (Phi) is 6.02. The molecule has 1 heterocycles. The second-order valence-electron chi connectivity index (χ2n) is 6.35. The van der Waals surface area contributed by atoms with Crippen LogP contribution in [0.2, 0.25) is 0 Å². The fourth-order valence-corrected chi connectivity index (χ4v) is 3.17. The zero-order chi connectivity index (χ0) is 18.4. The van der Waals surface area contributed by atoms with Crippen molar-refractivity contribution in [3.8, 4) is 0 Å². The number of nitrogens with one attached hydrogen (secondary N) is 1. The van der Waals surface area contributed by atoms with Gasteiger partial charge in [0.2, 0.25) is 5.91 Å². The van der Waals surface area contributed by atoms with E-state index in [1.54, 1.807) is 23.1 Å². The lowest BCUT2D eigenvalue weighted by atomic mass is 9.95. The van der Waals surface area contributed by atoms with E-state index in [9.17, 15) is 9.59 Å². The topological polar surface area (TPSA) is 58.6 Å². The van der Waals surface area contributed by atoms with Crippen LogP contribution in [0.3, 0.4) is 0 Å². The van der Waals surface area contributed by atoms with E-state index < -0.39 is 0 Å². The highest BCUT2D eigenvalue weighted by molar-refractivity contribution is 5.99. The summed E-state index contributed by atoms with van der Waals surface area (Å²) in [4.78, 5) is 27.1. The molecule has 1 N–H and O–H groups in total. The van der Waals surface area contributed by atoms with E-state index in [0.717, 1.165) is 5.56 Å². The second-order valence-corrected chi connectivity index (χ2v) is 6.35. The number of carbonyl (C=O) groups is 2. The quantitative estimate of drug-likeness (QED) is 0.898. The predicted molar refractivity (Wildman–Crippen MR) is 101 cm³/mol. The van der Waals surface area contributed by atoms with Gasteiger partial charge in [-0.15, -0.1) is 0 Å². The van der Waals surface area contributed by atoms with Gasteiger partial charge in [0, 0.05) is 24.3 Å². The van der Waals surface area contributed by atoms with Crippen LogP contribution in [0.1, 0.15) is 35.2 Å². The molecule has 0 aromatic heterocycles. The molecule has 0 spiro atoms. The van der Waals surface area contributed by atoms with Gasteiger partial charge in [-0.05, 0) is 30.2 Å². The molecule has 2 aromatic carbocycles. The lowest BCUT2D eigenvalue weighted by Crippen LogP contribution is -2.40. The number of morpholine rings is 1. The van der Waals surface area contributed by atoms with Crippen LogP contribution in [0.5, 0.6) is 0 Å². The number of hydrogen-bond donors (Lipinski definition) is 1. The summed E-state index contributed by atoms with van der Waals surface area (Å²) in [6.07, 6.45) is 0.711. The molecular weight excluding hydrogens is 328 g/mol. The van der Waals surface area contributed by atoms with E-state index in [1.807, 2.05) is 43.3 Å². The molecule has 3 rings (SSSR count). The van der Waals surface area contributed by atoms with Gasteiger partial charge in [0.1, 0.15) is 0 Å². The number of amides is 2. The highest BCUT2D eigenvalue weighted by Crippen LogP contribution is 2.22. The van der Waals surface area contributed by atoms with Crippen LogP contribution in [-0.2, 0) is 9.53 Å². The Bertz CT molecular complexity index is 755. The Morgan fingerprint density at radius 2 is 1.81 bits per heavy atom. The molecule has 0 saturated carbocycles. The molecule has 5 nitrogen and oxygen atoms in total. The molecule has 5 heteroatoms. The van der Waals surface area contributed by atoms with Crippen molar-refractivity contribution in [1.82, 2.24) is 4.90 Å². The van der Waals surface area contributed by atoms with E-state index in [0.29, 0.717) is 44.0 Å². The van der Waals surface area contributed by atoms with Gasteiger partial charge in [0.15, 0.2) is 0 Å². The van der Waals surface area contributed by atoms with E-state index >= 15 is 0 Å². The average molecular weight is 352 g/mol. The molecule has 2 aromatic rings. The van der Waals surface area contributed by atoms with Crippen LogP contribution in [0.15, 0.2) is 54.6 Å². The maximum Gasteiger partial charge on any atom is 0.254 e. The molecular formula is C21H24N2O3. The standard InChI is InChI=1S/C21H24N2O3/c1-2-19(16-7-4-3-5-8-16)20(24)22-18-10-6-9-17(15-18)21(25)23-11-13-26-14-12-23/h3-10,15,19H,2,11-14H2,1H3,(H,22,24)/t19-/m1/s1.